The fourth-order valence-electron chi connectivity index (χ4n) is 3.67. The second-order valence-corrected chi connectivity index (χ2v) is 7.75. The van der Waals surface area contributed by atoms with Crippen molar-refractivity contribution in [2.45, 2.75) is 13.8 Å². The van der Waals surface area contributed by atoms with Gasteiger partial charge in [0.2, 0.25) is 0 Å². The Morgan fingerprint density at radius 3 is 1.85 bits per heavy atom. The smallest absolute Gasteiger partial charge is 0.172 e. The fraction of sp³-hybridized carbons (Fsp3) is 0.286. The third-order valence-electron chi connectivity index (χ3n) is 5.41. The van der Waals surface area contributed by atoms with Crippen LogP contribution in [0, 0.1) is 0 Å². The molecule has 0 aliphatic rings. The summed E-state index contributed by atoms with van der Waals surface area (Å²) in [5, 5.41) is 0. The highest BCUT2D eigenvalue weighted by atomic mass is 16.5. The van der Waals surface area contributed by atoms with E-state index in [4.69, 9.17) is 28.4 Å². The van der Waals surface area contributed by atoms with Crippen molar-refractivity contribution in [2.75, 3.05) is 42.2 Å². The van der Waals surface area contributed by atoms with E-state index in [0.29, 0.717) is 35.4 Å². The molecule has 0 amide bonds. The van der Waals surface area contributed by atoms with Crippen molar-refractivity contribution < 1.29 is 28.4 Å². The Hall–Kier alpha value is -3.80. The molecule has 34 heavy (non-hydrogen) atoms. The van der Waals surface area contributed by atoms with E-state index >= 15 is 0 Å². The SMILES string of the molecule is COc1ccc(-c2cc(OC)c(-c3ccc(OCC=C(C)C)c(OC)c3)c(OC)c2OC)cc1. The third-order valence-corrected chi connectivity index (χ3v) is 5.41. The zero-order valence-electron chi connectivity index (χ0n) is 20.9. The summed E-state index contributed by atoms with van der Waals surface area (Å²) in [6.07, 6.45) is 2.02. The Morgan fingerprint density at radius 2 is 1.29 bits per heavy atom. The zero-order chi connectivity index (χ0) is 24.7. The predicted octanol–water partition coefficient (Wildman–Crippen LogP) is 6.41. The van der Waals surface area contributed by atoms with E-state index in [2.05, 4.69) is 0 Å². The maximum Gasteiger partial charge on any atom is 0.172 e. The highest BCUT2D eigenvalue weighted by molar-refractivity contribution is 5.88. The second-order valence-electron chi connectivity index (χ2n) is 7.75. The molecular formula is C28H32O6. The third kappa shape index (κ3) is 5.22. The Morgan fingerprint density at radius 1 is 0.647 bits per heavy atom. The average molecular weight is 465 g/mol. The van der Waals surface area contributed by atoms with Gasteiger partial charge in [-0.15, -0.1) is 0 Å². The number of hydrogen-bond acceptors (Lipinski definition) is 6. The molecule has 0 radical (unpaired) electrons. The molecule has 0 N–H and O–H groups in total. The average Bonchev–Trinajstić information content (AvgIpc) is 2.87. The van der Waals surface area contributed by atoms with Crippen molar-refractivity contribution in [2.24, 2.45) is 0 Å². The van der Waals surface area contributed by atoms with Gasteiger partial charge in [-0.3, -0.25) is 0 Å². The summed E-state index contributed by atoms with van der Waals surface area (Å²) in [5.74, 6) is 3.85. The highest BCUT2D eigenvalue weighted by Gasteiger charge is 2.24. The van der Waals surface area contributed by atoms with Gasteiger partial charge >= 0.3 is 0 Å². The topological polar surface area (TPSA) is 55.4 Å². The van der Waals surface area contributed by atoms with E-state index < -0.39 is 0 Å². The number of benzene rings is 3. The lowest BCUT2D eigenvalue weighted by Crippen LogP contribution is -2.01. The molecule has 0 aliphatic carbocycles. The molecule has 3 aromatic rings. The van der Waals surface area contributed by atoms with Crippen LogP contribution in [0.3, 0.4) is 0 Å². The summed E-state index contributed by atoms with van der Waals surface area (Å²) in [6.45, 7) is 4.53. The highest BCUT2D eigenvalue weighted by Crippen LogP contribution is 2.51. The van der Waals surface area contributed by atoms with Crippen LogP contribution in [-0.2, 0) is 0 Å². The molecule has 0 heterocycles. The largest absolute Gasteiger partial charge is 0.497 e. The maximum atomic E-state index is 5.88. The van der Waals surface area contributed by atoms with Crippen molar-refractivity contribution >= 4 is 0 Å². The van der Waals surface area contributed by atoms with Gasteiger partial charge in [0.15, 0.2) is 23.0 Å². The summed E-state index contributed by atoms with van der Waals surface area (Å²) in [4.78, 5) is 0. The number of methoxy groups -OCH3 is 5. The number of ether oxygens (including phenoxy) is 6. The lowest BCUT2D eigenvalue weighted by atomic mass is 9.96. The molecule has 3 rings (SSSR count). The van der Waals surface area contributed by atoms with Crippen LogP contribution >= 0.6 is 0 Å². The molecule has 0 aliphatic heterocycles. The predicted molar refractivity (Wildman–Crippen MR) is 135 cm³/mol. The van der Waals surface area contributed by atoms with Gasteiger partial charge in [0.05, 0.1) is 41.1 Å². The van der Waals surface area contributed by atoms with E-state index in [1.165, 1.54) is 5.57 Å². The molecule has 0 fully saturated rings. The normalized spacial score (nSPS) is 10.3. The summed E-state index contributed by atoms with van der Waals surface area (Å²) < 4.78 is 34.3. The van der Waals surface area contributed by atoms with Gasteiger partial charge in [-0.1, -0.05) is 23.8 Å². The minimum absolute atomic E-state index is 0.467. The van der Waals surface area contributed by atoms with Crippen molar-refractivity contribution in [1.82, 2.24) is 0 Å². The first-order valence-electron chi connectivity index (χ1n) is 10.9. The summed E-state index contributed by atoms with van der Waals surface area (Å²) in [6, 6.07) is 15.4. The Kier molecular flexibility index (Phi) is 8.30. The summed E-state index contributed by atoms with van der Waals surface area (Å²) >= 11 is 0. The lowest BCUT2D eigenvalue weighted by Gasteiger charge is -2.21. The molecule has 3 aromatic carbocycles. The van der Waals surface area contributed by atoms with Crippen LogP contribution in [0.15, 0.2) is 60.2 Å². The van der Waals surface area contributed by atoms with E-state index in [1.54, 1.807) is 35.5 Å². The van der Waals surface area contributed by atoms with Gasteiger partial charge in [0.25, 0.3) is 0 Å². The van der Waals surface area contributed by atoms with Crippen LogP contribution < -0.4 is 28.4 Å². The molecule has 0 aromatic heterocycles. The fourth-order valence-corrected chi connectivity index (χ4v) is 3.67. The lowest BCUT2D eigenvalue weighted by molar-refractivity contribution is 0.326. The molecule has 0 atom stereocenters. The van der Waals surface area contributed by atoms with Gasteiger partial charge < -0.3 is 28.4 Å². The van der Waals surface area contributed by atoms with Crippen LogP contribution in [0.25, 0.3) is 22.3 Å². The monoisotopic (exact) mass is 464 g/mol. The minimum atomic E-state index is 0.467. The van der Waals surface area contributed by atoms with Crippen molar-refractivity contribution in [1.29, 1.82) is 0 Å². The first kappa shape index (κ1) is 24.8. The summed E-state index contributed by atoms with van der Waals surface area (Å²) in [5.41, 5.74) is 4.58. The summed E-state index contributed by atoms with van der Waals surface area (Å²) in [7, 11) is 8.14. The molecule has 180 valence electrons. The van der Waals surface area contributed by atoms with Gasteiger partial charge in [0.1, 0.15) is 18.1 Å². The van der Waals surface area contributed by atoms with Crippen LogP contribution in [0.1, 0.15) is 13.8 Å². The Labute approximate surface area is 201 Å². The molecule has 0 spiro atoms. The van der Waals surface area contributed by atoms with Gasteiger partial charge in [-0.05, 0) is 61.4 Å². The van der Waals surface area contributed by atoms with Gasteiger partial charge in [-0.25, -0.2) is 0 Å². The number of hydrogen-bond donors (Lipinski definition) is 0. The van der Waals surface area contributed by atoms with Crippen LogP contribution in [0.4, 0.5) is 0 Å². The van der Waals surface area contributed by atoms with E-state index in [-0.39, 0.29) is 0 Å². The van der Waals surface area contributed by atoms with E-state index in [0.717, 1.165) is 28.0 Å². The molecule has 0 saturated heterocycles. The van der Waals surface area contributed by atoms with E-state index in [9.17, 15) is 0 Å². The molecular weight excluding hydrogens is 432 g/mol. The van der Waals surface area contributed by atoms with Crippen molar-refractivity contribution in [3.63, 3.8) is 0 Å². The minimum Gasteiger partial charge on any atom is -0.497 e. The first-order chi connectivity index (χ1) is 16.5. The zero-order valence-corrected chi connectivity index (χ0v) is 20.9. The first-order valence-corrected chi connectivity index (χ1v) is 10.9. The van der Waals surface area contributed by atoms with Crippen LogP contribution in [0.2, 0.25) is 0 Å². The Bertz CT molecular complexity index is 1140. The van der Waals surface area contributed by atoms with E-state index in [1.807, 2.05) is 68.5 Å². The molecule has 6 nitrogen and oxygen atoms in total. The maximum absolute atomic E-state index is 5.88. The van der Waals surface area contributed by atoms with Crippen molar-refractivity contribution in [3.8, 4) is 56.8 Å². The van der Waals surface area contributed by atoms with Gasteiger partial charge in [0, 0.05) is 5.56 Å². The van der Waals surface area contributed by atoms with Crippen LogP contribution in [0.5, 0.6) is 34.5 Å². The molecule has 6 heteroatoms. The number of allylic oxidation sites excluding steroid dienone is 1. The van der Waals surface area contributed by atoms with Crippen LogP contribution in [-0.4, -0.2) is 42.2 Å². The molecule has 0 saturated carbocycles. The quantitative estimate of drug-likeness (QED) is 0.323. The molecule has 0 unspecified atom stereocenters. The second kappa shape index (κ2) is 11.4. The Balaban J connectivity index is 2.15. The van der Waals surface area contributed by atoms with Crippen molar-refractivity contribution in [3.05, 3.63) is 60.2 Å². The standard InChI is InChI=1S/C28H32O6/c1-18(2)14-15-34-23-13-10-20(16-24(23)30-4)26-25(31-5)17-22(27(32-6)28(26)33-7)19-8-11-21(29-3)12-9-19/h8-14,16-17H,15H2,1-7H3. The number of rotatable bonds is 10. The molecule has 0 bridgehead atoms. The van der Waals surface area contributed by atoms with Gasteiger partial charge in [-0.2, -0.15) is 0 Å².